The fourth-order valence-corrected chi connectivity index (χ4v) is 2.33. The Morgan fingerprint density at radius 3 is 2.74 bits per heavy atom. The zero-order chi connectivity index (χ0) is 14.0. The van der Waals surface area contributed by atoms with E-state index in [-0.39, 0.29) is 24.2 Å². The maximum absolute atomic E-state index is 11.9. The molecule has 2 amide bonds. The van der Waals surface area contributed by atoms with Crippen molar-refractivity contribution >= 4 is 34.8 Å². The molecule has 0 saturated carbocycles. The Labute approximate surface area is 116 Å². The lowest BCUT2D eigenvalue weighted by molar-refractivity contribution is -0.123. The number of carbonyl (C=O) groups excluding carboxylic acids is 2. The number of amides is 2. The first-order valence-corrected chi connectivity index (χ1v) is 6.39. The SMILES string of the molecule is CN(C)c1ccc(NC(=O)C2CNC(=O)C2)cc1Cl. The topological polar surface area (TPSA) is 61.4 Å². The molecule has 0 aliphatic carbocycles. The molecule has 0 radical (unpaired) electrons. The third kappa shape index (κ3) is 3.17. The second-order valence-corrected chi connectivity index (χ2v) is 5.16. The van der Waals surface area contributed by atoms with Crippen molar-refractivity contribution < 1.29 is 9.59 Å². The third-order valence-electron chi connectivity index (χ3n) is 3.05. The number of benzene rings is 1. The van der Waals surface area contributed by atoms with Gasteiger partial charge in [0.1, 0.15) is 0 Å². The minimum absolute atomic E-state index is 0.0823. The summed E-state index contributed by atoms with van der Waals surface area (Å²) in [6, 6.07) is 5.35. The summed E-state index contributed by atoms with van der Waals surface area (Å²) in [4.78, 5) is 24.9. The molecule has 1 fully saturated rings. The van der Waals surface area contributed by atoms with Gasteiger partial charge in [-0.15, -0.1) is 0 Å². The first-order chi connectivity index (χ1) is 8.97. The van der Waals surface area contributed by atoms with E-state index in [4.69, 9.17) is 11.6 Å². The third-order valence-corrected chi connectivity index (χ3v) is 3.35. The summed E-state index contributed by atoms with van der Waals surface area (Å²) in [5.41, 5.74) is 1.53. The van der Waals surface area contributed by atoms with E-state index in [1.54, 1.807) is 12.1 Å². The Kier molecular flexibility index (Phi) is 3.95. The van der Waals surface area contributed by atoms with Crippen LogP contribution in [0, 0.1) is 5.92 Å². The van der Waals surface area contributed by atoms with Gasteiger partial charge in [-0.3, -0.25) is 9.59 Å². The van der Waals surface area contributed by atoms with Crippen LogP contribution in [-0.2, 0) is 9.59 Å². The fourth-order valence-electron chi connectivity index (χ4n) is 1.98. The van der Waals surface area contributed by atoms with Crippen LogP contribution in [-0.4, -0.2) is 32.5 Å². The van der Waals surface area contributed by atoms with Gasteiger partial charge in [0, 0.05) is 32.7 Å². The van der Waals surface area contributed by atoms with E-state index >= 15 is 0 Å². The molecule has 102 valence electrons. The number of hydrogen-bond donors (Lipinski definition) is 2. The van der Waals surface area contributed by atoms with Gasteiger partial charge in [0.15, 0.2) is 0 Å². The van der Waals surface area contributed by atoms with Crippen LogP contribution in [0.1, 0.15) is 6.42 Å². The molecule has 6 heteroatoms. The van der Waals surface area contributed by atoms with Crippen LogP contribution in [0.5, 0.6) is 0 Å². The van der Waals surface area contributed by atoms with Crippen molar-refractivity contribution in [1.82, 2.24) is 5.32 Å². The van der Waals surface area contributed by atoms with E-state index in [9.17, 15) is 9.59 Å². The van der Waals surface area contributed by atoms with Crippen molar-refractivity contribution in [2.75, 3.05) is 30.9 Å². The summed E-state index contributed by atoms with van der Waals surface area (Å²) in [5, 5.41) is 5.99. The molecule has 1 atom stereocenters. The molecule has 2 rings (SSSR count). The molecule has 1 heterocycles. The smallest absolute Gasteiger partial charge is 0.229 e. The molecule has 19 heavy (non-hydrogen) atoms. The minimum atomic E-state index is -0.306. The van der Waals surface area contributed by atoms with E-state index in [1.165, 1.54) is 0 Å². The molecule has 1 unspecified atom stereocenters. The highest BCUT2D eigenvalue weighted by Crippen LogP contribution is 2.27. The molecule has 0 aromatic heterocycles. The van der Waals surface area contributed by atoms with E-state index in [2.05, 4.69) is 10.6 Å². The van der Waals surface area contributed by atoms with Gasteiger partial charge in [0.05, 0.1) is 16.6 Å². The molecule has 1 saturated heterocycles. The number of rotatable bonds is 3. The van der Waals surface area contributed by atoms with Gasteiger partial charge in [-0.05, 0) is 18.2 Å². The number of nitrogens with one attached hydrogen (secondary N) is 2. The summed E-state index contributed by atoms with van der Waals surface area (Å²) >= 11 is 6.13. The second kappa shape index (κ2) is 5.48. The van der Waals surface area contributed by atoms with Crippen molar-refractivity contribution in [2.24, 2.45) is 5.92 Å². The fraction of sp³-hybridized carbons (Fsp3) is 0.385. The van der Waals surface area contributed by atoms with Crippen LogP contribution in [0.15, 0.2) is 18.2 Å². The van der Waals surface area contributed by atoms with Crippen LogP contribution < -0.4 is 15.5 Å². The monoisotopic (exact) mass is 281 g/mol. The molecule has 1 aromatic carbocycles. The van der Waals surface area contributed by atoms with Crippen LogP contribution in [0.4, 0.5) is 11.4 Å². The van der Waals surface area contributed by atoms with E-state index in [0.29, 0.717) is 17.3 Å². The van der Waals surface area contributed by atoms with Crippen LogP contribution in [0.2, 0.25) is 5.02 Å². The molecule has 1 aromatic rings. The number of nitrogens with zero attached hydrogens (tertiary/aromatic N) is 1. The molecule has 2 N–H and O–H groups in total. The van der Waals surface area contributed by atoms with Gasteiger partial charge in [-0.1, -0.05) is 11.6 Å². The second-order valence-electron chi connectivity index (χ2n) is 4.75. The van der Waals surface area contributed by atoms with E-state index in [1.807, 2.05) is 25.1 Å². The minimum Gasteiger partial charge on any atom is -0.376 e. The highest BCUT2D eigenvalue weighted by atomic mass is 35.5. The lowest BCUT2D eigenvalue weighted by Crippen LogP contribution is -2.24. The van der Waals surface area contributed by atoms with E-state index in [0.717, 1.165) is 5.69 Å². The zero-order valence-corrected chi connectivity index (χ0v) is 11.6. The van der Waals surface area contributed by atoms with Crippen molar-refractivity contribution in [2.45, 2.75) is 6.42 Å². The standard InChI is InChI=1S/C13H16ClN3O2/c1-17(2)11-4-3-9(6-10(11)14)16-13(19)8-5-12(18)15-7-8/h3-4,6,8H,5,7H2,1-2H3,(H,15,18)(H,16,19). The first kappa shape index (κ1) is 13.7. The Morgan fingerprint density at radius 2 is 2.21 bits per heavy atom. The first-order valence-electron chi connectivity index (χ1n) is 6.02. The average Bonchev–Trinajstić information content (AvgIpc) is 2.75. The molecule has 1 aliphatic rings. The zero-order valence-electron chi connectivity index (χ0n) is 10.9. The Hall–Kier alpha value is -1.75. The number of anilines is 2. The van der Waals surface area contributed by atoms with Crippen LogP contribution in [0.3, 0.4) is 0 Å². The number of carbonyl (C=O) groups is 2. The largest absolute Gasteiger partial charge is 0.376 e. The number of halogens is 1. The van der Waals surface area contributed by atoms with E-state index < -0.39 is 0 Å². The highest BCUT2D eigenvalue weighted by Gasteiger charge is 2.27. The number of hydrogen-bond acceptors (Lipinski definition) is 3. The van der Waals surface area contributed by atoms with Crippen molar-refractivity contribution in [1.29, 1.82) is 0 Å². The lowest BCUT2D eigenvalue weighted by atomic mass is 10.1. The van der Waals surface area contributed by atoms with Gasteiger partial charge in [0.25, 0.3) is 0 Å². The molecule has 5 nitrogen and oxygen atoms in total. The molecule has 0 spiro atoms. The predicted octanol–water partition coefficient (Wildman–Crippen LogP) is 1.48. The van der Waals surface area contributed by atoms with Gasteiger partial charge >= 0.3 is 0 Å². The summed E-state index contributed by atoms with van der Waals surface area (Å²) < 4.78 is 0. The van der Waals surface area contributed by atoms with Crippen LogP contribution >= 0.6 is 11.6 Å². The summed E-state index contributed by atoms with van der Waals surface area (Å²) in [5.74, 6) is -0.548. The average molecular weight is 282 g/mol. The Balaban J connectivity index is 2.05. The van der Waals surface area contributed by atoms with Crippen molar-refractivity contribution in [3.8, 4) is 0 Å². The van der Waals surface area contributed by atoms with Crippen LogP contribution in [0.25, 0.3) is 0 Å². The predicted molar refractivity (Wildman–Crippen MR) is 75.5 cm³/mol. The maximum atomic E-state index is 11.9. The van der Waals surface area contributed by atoms with Crippen molar-refractivity contribution in [3.05, 3.63) is 23.2 Å². The van der Waals surface area contributed by atoms with Gasteiger partial charge in [0.2, 0.25) is 11.8 Å². The summed E-state index contributed by atoms with van der Waals surface area (Å²) in [6.07, 6.45) is 0.245. The lowest BCUT2D eigenvalue weighted by Gasteiger charge is -2.16. The Bertz CT molecular complexity index is 517. The molecule has 0 bridgehead atoms. The normalized spacial score (nSPS) is 18.1. The highest BCUT2D eigenvalue weighted by molar-refractivity contribution is 6.33. The van der Waals surface area contributed by atoms with Gasteiger partial charge in [-0.25, -0.2) is 0 Å². The van der Waals surface area contributed by atoms with Crippen molar-refractivity contribution in [3.63, 3.8) is 0 Å². The molecular weight excluding hydrogens is 266 g/mol. The van der Waals surface area contributed by atoms with Gasteiger partial charge < -0.3 is 15.5 Å². The summed E-state index contributed by atoms with van der Waals surface area (Å²) in [6.45, 7) is 0.397. The molecule has 1 aliphatic heterocycles. The molecular formula is C13H16ClN3O2. The van der Waals surface area contributed by atoms with Gasteiger partial charge in [-0.2, -0.15) is 0 Å². The summed E-state index contributed by atoms with van der Waals surface area (Å²) in [7, 11) is 3.80. The quantitative estimate of drug-likeness (QED) is 0.882. The Morgan fingerprint density at radius 1 is 1.47 bits per heavy atom. The maximum Gasteiger partial charge on any atom is 0.229 e.